The molecule has 0 amide bonds. The second-order valence-electron chi connectivity index (χ2n) is 6.12. The summed E-state index contributed by atoms with van der Waals surface area (Å²) in [4.78, 5) is 14.5. The van der Waals surface area contributed by atoms with Crippen molar-refractivity contribution in [3.05, 3.63) is 29.2 Å². The van der Waals surface area contributed by atoms with Crippen LogP contribution in [0.4, 0.5) is 4.39 Å². The highest BCUT2D eigenvalue weighted by molar-refractivity contribution is 7.91. The van der Waals surface area contributed by atoms with Crippen LogP contribution < -0.4 is 0 Å². The van der Waals surface area contributed by atoms with Crippen LogP contribution >= 0.6 is 0 Å². The lowest BCUT2D eigenvalue weighted by Gasteiger charge is -2.25. The topological polar surface area (TPSA) is 96.5 Å². The number of nitrogens with one attached hydrogen (secondary N) is 1. The van der Waals surface area contributed by atoms with Crippen molar-refractivity contribution in [1.29, 1.82) is 0 Å². The van der Waals surface area contributed by atoms with Gasteiger partial charge in [-0.3, -0.25) is 4.79 Å². The molecule has 0 saturated heterocycles. The van der Waals surface area contributed by atoms with Gasteiger partial charge in [0.05, 0.1) is 30.0 Å². The third kappa shape index (κ3) is 2.80. The average Bonchev–Trinajstić information content (AvgIpc) is 2.88. The number of sulfone groups is 1. The first-order valence-corrected chi connectivity index (χ1v) is 9.41. The molecule has 0 fully saturated rings. The largest absolute Gasteiger partial charge is 0.469 e. The number of carbonyl (C=O) groups excluding carboxylic acids is 1. The quantitative estimate of drug-likeness (QED) is 0.823. The van der Waals surface area contributed by atoms with Crippen molar-refractivity contribution >= 4 is 26.7 Å². The van der Waals surface area contributed by atoms with E-state index in [2.05, 4.69) is 4.98 Å². The normalized spacial score (nSPS) is 20.8. The first-order chi connectivity index (χ1) is 11.2. The van der Waals surface area contributed by atoms with Crippen LogP contribution in [0.1, 0.15) is 42.5 Å². The first-order valence-electron chi connectivity index (χ1n) is 7.52. The summed E-state index contributed by atoms with van der Waals surface area (Å²) < 4.78 is 42.6. The molecular weight excluding hydrogens is 337 g/mol. The van der Waals surface area contributed by atoms with Gasteiger partial charge in [0, 0.05) is 28.8 Å². The molecule has 0 bridgehead atoms. The van der Waals surface area contributed by atoms with E-state index in [1.165, 1.54) is 13.2 Å². The predicted octanol–water partition coefficient (Wildman–Crippen LogP) is 2.18. The molecule has 0 spiro atoms. The van der Waals surface area contributed by atoms with Gasteiger partial charge in [-0.25, -0.2) is 12.8 Å². The molecule has 24 heavy (non-hydrogen) atoms. The number of fused-ring (bicyclic) bond motifs is 3. The van der Waals surface area contributed by atoms with Gasteiger partial charge in [0.15, 0.2) is 9.84 Å². The van der Waals surface area contributed by atoms with E-state index < -0.39 is 27.7 Å². The maximum atomic E-state index is 13.9. The number of rotatable bonds is 3. The Hall–Kier alpha value is -1.93. The molecule has 1 aliphatic rings. The number of halogens is 1. The molecular formula is C16H18FNO5S. The highest BCUT2D eigenvalue weighted by Crippen LogP contribution is 2.44. The number of hydrogen-bond acceptors (Lipinski definition) is 5. The summed E-state index contributed by atoms with van der Waals surface area (Å²) in [5, 5.41) is 10.7. The second-order valence-corrected chi connectivity index (χ2v) is 8.11. The predicted molar refractivity (Wildman–Crippen MR) is 84.9 cm³/mol. The van der Waals surface area contributed by atoms with E-state index >= 15 is 0 Å². The fourth-order valence-corrected chi connectivity index (χ4v) is 4.24. The minimum atomic E-state index is -3.66. The van der Waals surface area contributed by atoms with Crippen LogP contribution in [0.5, 0.6) is 0 Å². The Morgan fingerprint density at radius 3 is 2.75 bits per heavy atom. The number of H-pyrrole nitrogens is 1. The van der Waals surface area contributed by atoms with E-state index in [1.807, 2.05) is 0 Å². The van der Waals surface area contributed by atoms with Crippen molar-refractivity contribution in [1.82, 2.24) is 4.98 Å². The molecule has 2 N–H and O–H groups in total. The lowest BCUT2D eigenvalue weighted by Crippen LogP contribution is -2.17. The zero-order chi connectivity index (χ0) is 17.6. The number of carbonyl (C=O) groups is 1. The third-order valence-corrected chi connectivity index (χ3v) is 5.60. The molecule has 3 rings (SSSR count). The zero-order valence-corrected chi connectivity index (χ0v) is 14.1. The summed E-state index contributed by atoms with van der Waals surface area (Å²) in [6.45, 7) is 0. The number of benzene rings is 1. The van der Waals surface area contributed by atoms with Crippen LogP contribution in [0.15, 0.2) is 17.0 Å². The maximum Gasteiger partial charge on any atom is 0.306 e. The summed E-state index contributed by atoms with van der Waals surface area (Å²) >= 11 is 0. The number of aliphatic hydroxyl groups is 1. The lowest BCUT2D eigenvalue weighted by atomic mass is 9.83. The van der Waals surface area contributed by atoms with E-state index in [1.54, 1.807) is 0 Å². The zero-order valence-electron chi connectivity index (χ0n) is 13.3. The van der Waals surface area contributed by atoms with Crippen molar-refractivity contribution in [3.63, 3.8) is 0 Å². The van der Waals surface area contributed by atoms with Crippen molar-refractivity contribution in [3.8, 4) is 0 Å². The summed E-state index contributed by atoms with van der Waals surface area (Å²) in [7, 11) is -2.36. The van der Waals surface area contributed by atoms with Crippen LogP contribution in [0.3, 0.4) is 0 Å². The number of esters is 1. The van der Waals surface area contributed by atoms with E-state index in [0.717, 1.165) is 12.3 Å². The summed E-state index contributed by atoms with van der Waals surface area (Å²) in [5.74, 6) is -1.32. The van der Waals surface area contributed by atoms with E-state index in [-0.39, 0.29) is 22.8 Å². The third-order valence-electron chi connectivity index (χ3n) is 4.48. The van der Waals surface area contributed by atoms with E-state index in [0.29, 0.717) is 29.5 Å². The number of ether oxygens (including phenoxy) is 1. The van der Waals surface area contributed by atoms with Crippen LogP contribution in [-0.4, -0.2) is 37.8 Å². The Kier molecular flexibility index (Phi) is 4.13. The number of aromatic amines is 1. The summed E-state index contributed by atoms with van der Waals surface area (Å²) in [6.07, 6.45) is 1.24. The van der Waals surface area contributed by atoms with E-state index in [9.17, 15) is 22.7 Å². The fourth-order valence-electron chi connectivity index (χ4n) is 3.38. The molecule has 2 unspecified atom stereocenters. The van der Waals surface area contributed by atoms with Gasteiger partial charge < -0.3 is 14.8 Å². The molecule has 8 heteroatoms. The summed E-state index contributed by atoms with van der Waals surface area (Å²) in [5.41, 5.74) is 1.30. The SMILES string of the molecule is COC(=O)CC1CCC(O)c2c1[nH]c1c(S(C)(=O)=O)cc(F)cc21. The van der Waals surface area contributed by atoms with Crippen LogP contribution in [0.2, 0.25) is 0 Å². The van der Waals surface area contributed by atoms with Crippen molar-refractivity contribution < 1.29 is 27.4 Å². The molecule has 2 aromatic rings. The molecule has 0 radical (unpaired) electrons. The Morgan fingerprint density at radius 1 is 1.42 bits per heavy atom. The molecule has 1 aromatic carbocycles. The van der Waals surface area contributed by atoms with Gasteiger partial charge in [-0.2, -0.15) is 0 Å². The van der Waals surface area contributed by atoms with Crippen LogP contribution in [0, 0.1) is 5.82 Å². The van der Waals surface area contributed by atoms with Crippen LogP contribution in [0.25, 0.3) is 10.9 Å². The maximum absolute atomic E-state index is 13.9. The Labute approximate surface area is 138 Å². The smallest absolute Gasteiger partial charge is 0.306 e. The standard InChI is InChI=1S/C16H18FNO5S/c1-23-13(20)5-8-3-4-11(19)14-10-6-9(17)7-12(24(2,21)22)16(10)18-15(8)14/h6-8,11,18-19H,3-5H2,1-2H3. The Morgan fingerprint density at radius 2 is 2.12 bits per heavy atom. The molecule has 2 atom stereocenters. The van der Waals surface area contributed by atoms with Crippen molar-refractivity contribution in [2.75, 3.05) is 13.4 Å². The number of methoxy groups -OCH3 is 1. The van der Waals surface area contributed by atoms with Gasteiger partial charge in [-0.05, 0) is 25.0 Å². The Balaban J connectivity index is 2.26. The monoisotopic (exact) mass is 355 g/mol. The van der Waals surface area contributed by atoms with Gasteiger partial charge in [-0.15, -0.1) is 0 Å². The number of aliphatic hydroxyl groups excluding tert-OH is 1. The van der Waals surface area contributed by atoms with Gasteiger partial charge >= 0.3 is 5.97 Å². The van der Waals surface area contributed by atoms with E-state index in [4.69, 9.17) is 4.74 Å². The van der Waals surface area contributed by atoms with Gasteiger partial charge in [0.2, 0.25) is 0 Å². The molecule has 1 aliphatic carbocycles. The van der Waals surface area contributed by atoms with Crippen molar-refractivity contribution in [2.24, 2.45) is 0 Å². The number of aromatic nitrogens is 1. The lowest BCUT2D eigenvalue weighted by molar-refractivity contribution is -0.141. The van der Waals surface area contributed by atoms with Crippen LogP contribution in [-0.2, 0) is 19.4 Å². The average molecular weight is 355 g/mol. The first kappa shape index (κ1) is 16.9. The fraction of sp³-hybridized carbons (Fsp3) is 0.438. The second kappa shape index (κ2) is 5.86. The van der Waals surface area contributed by atoms with Gasteiger partial charge in [-0.1, -0.05) is 0 Å². The molecule has 6 nitrogen and oxygen atoms in total. The van der Waals surface area contributed by atoms with Gasteiger partial charge in [0.25, 0.3) is 0 Å². The minimum Gasteiger partial charge on any atom is -0.469 e. The van der Waals surface area contributed by atoms with Gasteiger partial charge in [0.1, 0.15) is 5.82 Å². The number of hydrogen-bond donors (Lipinski definition) is 2. The highest BCUT2D eigenvalue weighted by Gasteiger charge is 2.33. The minimum absolute atomic E-state index is 0.111. The molecule has 1 aromatic heterocycles. The summed E-state index contributed by atoms with van der Waals surface area (Å²) in [6, 6.07) is 2.17. The van der Waals surface area contributed by atoms with Crippen molar-refractivity contribution in [2.45, 2.75) is 36.2 Å². The molecule has 0 aliphatic heterocycles. The molecule has 0 saturated carbocycles. The molecule has 1 heterocycles. The Bertz CT molecular complexity index is 918. The highest BCUT2D eigenvalue weighted by atomic mass is 32.2. The molecule has 130 valence electrons.